The van der Waals surface area contributed by atoms with Crippen LogP contribution in [0, 0.1) is 13.8 Å². The quantitative estimate of drug-likeness (QED) is 0.602. The summed E-state index contributed by atoms with van der Waals surface area (Å²) in [6.45, 7) is 7.88. The molecule has 0 saturated carbocycles. The van der Waals surface area contributed by atoms with Gasteiger partial charge in [-0.2, -0.15) is 5.10 Å². The van der Waals surface area contributed by atoms with Crippen LogP contribution in [-0.2, 0) is 0 Å². The number of carbonyl (C=O) groups is 1. The number of hydrogen-bond acceptors (Lipinski definition) is 4. The Balaban J connectivity index is 1.60. The summed E-state index contributed by atoms with van der Waals surface area (Å²) in [6, 6.07) is 15.8. The molecule has 6 nitrogen and oxygen atoms in total. The fourth-order valence-corrected chi connectivity index (χ4v) is 4.27. The second-order valence-corrected chi connectivity index (χ2v) is 8.50. The van der Waals surface area contributed by atoms with Crippen molar-refractivity contribution in [2.24, 2.45) is 0 Å². The van der Waals surface area contributed by atoms with Gasteiger partial charge in [0.1, 0.15) is 11.4 Å². The molecule has 0 radical (unpaired) electrons. The zero-order valence-electron chi connectivity index (χ0n) is 19.2. The maximum absolute atomic E-state index is 13.2. The Morgan fingerprint density at radius 2 is 1.78 bits per heavy atom. The van der Waals surface area contributed by atoms with Crippen molar-refractivity contribution in [3.63, 3.8) is 0 Å². The number of rotatable bonds is 7. The number of piperidine rings is 1. The Hall–Kier alpha value is -3.12. The van der Waals surface area contributed by atoms with E-state index in [1.54, 1.807) is 11.8 Å². The molecule has 1 aliphatic rings. The molecule has 0 spiro atoms. The van der Waals surface area contributed by atoms with Gasteiger partial charge in [-0.3, -0.25) is 4.79 Å². The highest BCUT2D eigenvalue weighted by Gasteiger charge is 2.19. The number of aryl methyl sites for hydroxylation is 2. The second kappa shape index (κ2) is 10.0. The molecule has 1 saturated heterocycles. The van der Waals surface area contributed by atoms with Crippen molar-refractivity contribution in [3.05, 3.63) is 65.4 Å². The smallest absolute Gasteiger partial charge is 0.270 e. The van der Waals surface area contributed by atoms with E-state index in [0.717, 1.165) is 47.9 Å². The zero-order valence-corrected chi connectivity index (χ0v) is 19.2. The Labute approximate surface area is 190 Å². The Bertz CT molecular complexity index is 1070. The van der Waals surface area contributed by atoms with Crippen molar-refractivity contribution in [1.82, 2.24) is 20.0 Å². The van der Waals surface area contributed by atoms with E-state index in [-0.39, 0.29) is 5.91 Å². The molecule has 3 aromatic rings. The maximum atomic E-state index is 13.2. The Morgan fingerprint density at radius 1 is 1.03 bits per heavy atom. The summed E-state index contributed by atoms with van der Waals surface area (Å²) in [7, 11) is 1.65. The van der Waals surface area contributed by atoms with Gasteiger partial charge < -0.3 is 15.0 Å². The predicted molar refractivity (Wildman–Crippen MR) is 128 cm³/mol. The first kappa shape index (κ1) is 22.1. The molecular weight excluding hydrogens is 400 g/mol. The minimum Gasteiger partial charge on any atom is -0.497 e. The molecule has 0 aliphatic carbocycles. The summed E-state index contributed by atoms with van der Waals surface area (Å²) in [6.07, 6.45) is 3.81. The first-order chi connectivity index (χ1) is 15.5. The lowest BCUT2D eigenvalue weighted by molar-refractivity contribution is 0.0939. The van der Waals surface area contributed by atoms with Gasteiger partial charge >= 0.3 is 0 Å². The number of nitrogens with zero attached hydrogens (tertiary/aromatic N) is 3. The standard InChI is InChI=1S/C26H32N4O2/c1-19-7-12-24(20(2)17-19)30-25(26(31)27-13-16-29-14-5-4-6-15-29)18-23(28-30)21-8-10-22(32-3)11-9-21/h7-12,17-18H,4-6,13-16H2,1-3H3,(H,27,31). The zero-order chi connectivity index (χ0) is 22.5. The van der Waals surface area contributed by atoms with Crippen molar-refractivity contribution in [3.8, 4) is 22.7 Å². The van der Waals surface area contributed by atoms with Crippen molar-refractivity contribution >= 4 is 5.91 Å². The van der Waals surface area contributed by atoms with E-state index in [4.69, 9.17) is 9.84 Å². The van der Waals surface area contributed by atoms with E-state index in [9.17, 15) is 4.79 Å². The number of amides is 1. The van der Waals surface area contributed by atoms with Crippen LogP contribution in [0.4, 0.5) is 0 Å². The maximum Gasteiger partial charge on any atom is 0.270 e. The van der Waals surface area contributed by atoms with E-state index in [2.05, 4.69) is 36.2 Å². The number of hydrogen-bond donors (Lipinski definition) is 1. The van der Waals surface area contributed by atoms with Gasteiger partial charge in [-0.25, -0.2) is 4.68 Å². The van der Waals surface area contributed by atoms with Crippen LogP contribution >= 0.6 is 0 Å². The first-order valence-corrected chi connectivity index (χ1v) is 11.4. The highest BCUT2D eigenvalue weighted by molar-refractivity contribution is 5.94. The third kappa shape index (κ3) is 5.02. The normalized spacial score (nSPS) is 14.3. The summed E-state index contributed by atoms with van der Waals surface area (Å²) >= 11 is 0. The van der Waals surface area contributed by atoms with Crippen LogP contribution in [0.3, 0.4) is 0 Å². The molecule has 4 rings (SSSR count). The van der Waals surface area contributed by atoms with E-state index < -0.39 is 0 Å². The van der Waals surface area contributed by atoms with Crippen LogP contribution in [0.15, 0.2) is 48.5 Å². The van der Waals surface area contributed by atoms with Gasteiger partial charge in [0.05, 0.1) is 18.5 Å². The van der Waals surface area contributed by atoms with Crippen LogP contribution in [0.1, 0.15) is 40.9 Å². The second-order valence-electron chi connectivity index (χ2n) is 8.50. The molecule has 0 unspecified atom stereocenters. The summed E-state index contributed by atoms with van der Waals surface area (Å²) in [5.41, 5.74) is 5.42. The lowest BCUT2D eigenvalue weighted by Crippen LogP contribution is -2.38. The third-order valence-electron chi connectivity index (χ3n) is 6.07. The lowest BCUT2D eigenvalue weighted by atomic mass is 10.1. The summed E-state index contributed by atoms with van der Waals surface area (Å²) in [5.74, 6) is 0.687. The SMILES string of the molecule is COc1ccc(-c2cc(C(=O)NCCN3CCCCC3)n(-c3ccc(C)cc3C)n2)cc1. The van der Waals surface area contributed by atoms with Gasteiger partial charge in [0, 0.05) is 18.7 Å². The van der Waals surface area contributed by atoms with Gasteiger partial charge in [0.25, 0.3) is 5.91 Å². The predicted octanol–water partition coefficient (Wildman–Crippen LogP) is 4.38. The number of methoxy groups -OCH3 is 1. The number of ether oxygens (including phenoxy) is 1. The van der Waals surface area contributed by atoms with Crippen LogP contribution < -0.4 is 10.1 Å². The molecular formula is C26H32N4O2. The van der Waals surface area contributed by atoms with Crippen molar-refractivity contribution in [2.75, 3.05) is 33.3 Å². The van der Waals surface area contributed by atoms with E-state index >= 15 is 0 Å². The van der Waals surface area contributed by atoms with Gasteiger partial charge in [-0.1, -0.05) is 24.1 Å². The molecule has 1 aromatic heterocycles. The van der Waals surface area contributed by atoms with Crippen molar-refractivity contribution < 1.29 is 9.53 Å². The minimum atomic E-state index is -0.103. The monoisotopic (exact) mass is 432 g/mol. The van der Waals surface area contributed by atoms with Crippen LogP contribution in [0.25, 0.3) is 16.9 Å². The molecule has 6 heteroatoms. The highest BCUT2D eigenvalue weighted by atomic mass is 16.5. The van der Waals surface area contributed by atoms with Crippen LogP contribution in [0.5, 0.6) is 5.75 Å². The largest absolute Gasteiger partial charge is 0.497 e. The molecule has 2 heterocycles. The van der Waals surface area contributed by atoms with Crippen molar-refractivity contribution in [2.45, 2.75) is 33.1 Å². The molecule has 2 aromatic carbocycles. The fourth-order valence-electron chi connectivity index (χ4n) is 4.27. The number of nitrogens with one attached hydrogen (secondary N) is 1. The number of aromatic nitrogens is 2. The van der Waals surface area contributed by atoms with Gasteiger partial charge in [-0.05, 0) is 81.7 Å². The molecule has 0 atom stereocenters. The van der Waals surface area contributed by atoms with Gasteiger partial charge in [0.2, 0.25) is 0 Å². The average Bonchev–Trinajstić information content (AvgIpc) is 3.25. The molecule has 168 valence electrons. The van der Waals surface area contributed by atoms with E-state index in [1.807, 2.05) is 36.4 Å². The Kier molecular flexibility index (Phi) is 6.90. The number of carbonyl (C=O) groups excluding carboxylic acids is 1. The van der Waals surface area contributed by atoms with Crippen molar-refractivity contribution in [1.29, 1.82) is 0 Å². The molecule has 0 bridgehead atoms. The molecule has 1 fully saturated rings. The first-order valence-electron chi connectivity index (χ1n) is 11.4. The molecule has 1 N–H and O–H groups in total. The average molecular weight is 433 g/mol. The van der Waals surface area contributed by atoms with Gasteiger partial charge in [0.15, 0.2) is 0 Å². The summed E-state index contributed by atoms with van der Waals surface area (Å²) in [5, 5.41) is 7.93. The lowest BCUT2D eigenvalue weighted by Gasteiger charge is -2.26. The molecule has 32 heavy (non-hydrogen) atoms. The van der Waals surface area contributed by atoms with Crippen LogP contribution in [0.2, 0.25) is 0 Å². The van der Waals surface area contributed by atoms with Crippen LogP contribution in [-0.4, -0.2) is 53.9 Å². The Morgan fingerprint density at radius 3 is 2.47 bits per heavy atom. The summed E-state index contributed by atoms with van der Waals surface area (Å²) in [4.78, 5) is 15.6. The van der Waals surface area contributed by atoms with Gasteiger partial charge in [-0.15, -0.1) is 0 Å². The minimum absolute atomic E-state index is 0.103. The van der Waals surface area contributed by atoms with E-state index in [0.29, 0.717) is 12.2 Å². The molecule has 1 aliphatic heterocycles. The molecule has 1 amide bonds. The summed E-state index contributed by atoms with van der Waals surface area (Å²) < 4.78 is 7.04. The topological polar surface area (TPSA) is 59.4 Å². The fraction of sp³-hybridized carbons (Fsp3) is 0.385. The number of likely N-dealkylation sites (tertiary alicyclic amines) is 1. The highest BCUT2D eigenvalue weighted by Crippen LogP contribution is 2.25. The van der Waals surface area contributed by atoms with E-state index in [1.165, 1.54) is 24.8 Å². The number of benzene rings is 2. The third-order valence-corrected chi connectivity index (χ3v) is 6.07.